The van der Waals surface area contributed by atoms with Gasteiger partial charge in [-0.05, 0) is 42.7 Å². The van der Waals surface area contributed by atoms with Crippen LogP contribution in [0.4, 0.5) is 20.2 Å². The predicted molar refractivity (Wildman–Crippen MR) is 148 cm³/mol. The molecule has 2 heterocycles. The number of nitrogens with two attached hydrogens (primary N) is 2. The van der Waals surface area contributed by atoms with Gasteiger partial charge in [0.1, 0.15) is 17.3 Å². The van der Waals surface area contributed by atoms with Crippen LogP contribution in [0.2, 0.25) is 0 Å². The Bertz CT molecular complexity index is 1650. The second-order valence-electron chi connectivity index (χ2n) is 10.7. The Kier molecular flexibility index (Phi) is 7.46. The number of hydrogen-bond acceptors (Lipinski definition) is 8. The monoisotopic (exact) mass is 588 g/mol. The second-order valence-corrected chi connectivity index (χ2v) is 12.7. The second kappa shape index (κ2) is 10.7. The molecule has 2 aliphatic rings. The van der Waals surface area contributed by atoms with Gasteiger partial charge in [-0.15, -0.1) is 0 Å². The zero-order valence-corrected chi connectivity index (χ0v) is 23.2. The van der Waals surface area contributed by atoms with Crippen molar-refractivity contribution < 1.29 is 26.7 Å². The predicted octanol–water partition coefficient (Wildman–Crippen LogP) is 2.02. The van der Waals surface area contributed by atoms with Crippen LogP contribution in [0.5, 0.6) is 5.75 Å². The van der Waals surface area contributed by atoms with Gasteiger partial charge in [-0.3, -0.25) is 9.59 Å². The molecule has 0 atom stereocenters. The van der Waals surface area contributed by atoms with Crippen molar-refractivity contribution in [1.82, 2.24) is 14.1 Å². The topological polar surface area (TPSA) is 154 Å². The zero-order valence-electron chi connectivity index (χ0n) is 22.3. The zero-order chi connectivity index (χ0) is 29.5. The summed E-state index contributed by atoms with van der Waals surface area (Å²) in [6, 6.07) is 7.05. The van der Waals surface area contributed by atoms with Gasteiger partial charge in [0.05, 0.1) is 29.8 Å². The molecule has 11 nitrogen and oxygen atoms in total. The van der Waals surface area contributed by atoms with E-state index in [1.54, 1.807) is 4.90 Å². The molecule has 41 heavy (non-hydrogen) atoms. The number of carbonyl (C=O) groups is 1. The molecule has 14 heteroatoms. The number of nitrogen functional groups attached to an aromatic ring is 1. The number of hydrogen-bond donors (Lipinski definition) is 2. The molecule has 218 valence electrons. The van der Waals surface area contributed by atoms with Gasteiger partial charge in [0.2, 0.25) is 15.8 Å². The van der Waals surface area contributed by atoms with E-state index < -0.39 is 33.1 Å². The summed E-state index contributed by atoms with van der Waals surface area (Å²) in [7, 11) is -3.76. The van der Waals surface area contributed by atoms with E-state index in [4.69, 9.17) is 16.2 Å². The molecule has 0 radical (unpaired) electrons. The van der Waals surface area contributed by atoms with Crippen molar-refractivity contribution in [2.75, 3.05) is 43.4 Å². The summed E-state index contributed by atoms with van der Waals surface area (Å²) in [4.78, 5) is 26.9. The molecule has 1 amide bonds. The lowest BCUT2D eigenvalue weighted by atomic mass is 10.1. The summed E-state index contributed by atoms with van der Waals surface area (Å²) in [5.41, 5.74) is 11.2. The number of amides is 1. The summed E-state index contributed by atoms with van der Waals surface area (Å²) in [6.07, 6.45) is 3.28. The van der Waals surface area contributed by atoms with Crippen LogP contribution < -0.4 is 26.7 Å². The Morgan fingerprint density at radius 3 is 2.34 bits per heavy atom. The number of halogens is 2. The van der Waals surface area contributed by atoms with Gasteiger partial charge in [0, 0.05) is 43.3 Å². The fourth-order valence-corrected chi connectivity index (χ4v) is 6.16. The highest BCUT2D eigenvalue weighted by Crippen LogP contribution is 2.45. The van der Waals surface area contributed by atoms with Crippen LogP contribution in [-0.2, 0) is 15.8 Å². The van der Waals surface area contributed by atoms with E-state index in [9.17, 15) is 26.8 Å². The minimum atomic E-state index is -3.76. The van der Waals surface area contributed by atoms with Gasteiger partial charge < -0.3 is 21.1 Å². The highest BCUT2D eigenvalue weighted by atomic mass is 32.2. The minimum Gasteiger partial charge on any atom is -0.486 e. The minimum absolute atomic E-state index is 0.0186. The molecule has 0 unspecified atom stereocenters. The van der Waals surface area contributed by atoms with Crippen LogP contribution in [0, 0.1) is 17.0 Å². The summed E-state index contributed by atoms with van der Waals surface area (Å²) < 4.78 is 62.3. The SMILES string of the molecule is CC1(COc2c(N3CCN(S(=O)(=O)Cc4ccc(N)c(C(N)=O)c4)CC3)cnn(-c3cc(F)cc(F)c3)c2=O)CC1. The molecule has 5 rings (SSSR count). The lowest BCUT2D eigenvalue weighted by molar-refractivity contribution is 0.100. The van der Waals surface area contributed by atoms with E-state index in [2.05, 4.69) is 5.10 Å². The van der Waals surface area contributed by atoms with Crippen LogP contribution in [0.25, 0.3) is 5.69 Å². The van der Waals surface area contributed by atoms with E-state index in [0.29, 0.717) is 17.3 Å². The number of piperazine rings is 1. The van der Waals surface area contributed by atoms with Gasteiger partial charge in [-0.1, -0.05) is 13.0 Å². The number of benzene rings is 2. The van der Waals surface area contributed by atoms with Crippen molar-refractivity contribution >= 4 is 27.3 Å². The number of ether oxygens (including phenoxy) is 1. The average Bonchev–Trinajstić information content (AvgIpc) is 3.65. The molecule has 1 saturated carbocycles. The molecule has 2 aromatic carbocycles. The fourth-order valence-electron chi connectivity index (χ4n) is 4.66. The molecule has 2 fully saturated rings. The lowest BCUT2D eigenvalue weighted by Gasteiger charge is -2.35. The van der Waals surface area contributed by atoms with Crippen molar-refractivity contribution in [1.29, 1.82) is 0 Å². The van der Waals surface area contributed by atoms with E-state index in [-0.39, 0.29) is 66.6 Å². The number of anilines is 2. The van der Waals surface area contributed by atoms with Crippen molar-refractivity contribution in [3.63, 3.8) is 0 Å². The number of carbonyl (C=O) groups excluding carboxylic acids is 1. The van der Waals surface area contributed by atoms with Crippen LogP contribution in [0.3, 0.4) is 0 Å². The number of rotatable bonds is 9. The molecule has 4 N–H and O–H groups in total. The van der Waals surface area contributed by atoms with Gasteiger partial charge in [0.25, 0.3) is 5.91 Å². The molecule has 3 aromatic rings. The summed E-state index contributed by atoms with van der Waals surface area (Å²) >= 11 is 0. The standard InChI is InChI=1S/C27H30F2N6O5S/c1-27(4-5-27)16-40-24-23(14-32-35(26(24)37)20-12-18(28)11-19(29)13-20)33-6-8-34(9-7-33)41(38,39)15-17-2-3-22(30)21(10-17)25(31)36/h2-3,10-14H,4-9,15-16,30H2,1H3,(H2,31,36). The molecule has 1 aliphatic heterocycles. The van der Waals surface area contributed by atoms with Gasteiger partial charge >= 0.3 is 5.56 Å². The normalized spacial score (nSPS) is 16.9. The summed E-state index contributed by atoms with van der Waals surface area (Å²) in [5.74, 6) is -2.82. The van der Waals surface area contributed by atoms with Crippen molar-refractivity contribution in [2.24, 2.45) is 11.1 Å². The molecule has 0 spiro atoms. The van der Waals surface area contributed by atoms with Gasteiger partial charge in [0.15, 0.2) is 0 Å². The number of primary amides is 1. The highest BCUT2D eigenvalue weighted by molar-refractivity contribution is 7.88. The smallest absolute Gasteiger partial charge is 0.316 e. The Morgan fingerprint density at radius 1 is 1.07 bits per heavy atom. The Balaban J connectivity index is 1.37. The maximum absolute atomic E-state index is 13.9. The Morgan fingerprint density at radius 2 is 1.73 bits per heavy atom. The third kappa shape index (κ3) is 6.17. The first-order valence-electron chi connectivity index (χ1n) is 13.0. The first-order valence-corrected chi connectivity index (χ1v) is 14.6. The lowest BCUT2D eigenvalue weighted by Crippen LogP contribution is -2.49. The maximum Gasteiger partial charge on any atom is 0.316 e. The van der Waals surface area contributed by atoms with Crippen LogP contribution >= 0.6 is 0 Å². The van der Waals surface area contributed by atoms with Crippen molar-refractivity contribution in [2.45, 2.75) is 25.5 Å². The third-order valence-corrected chi connectivity index (χ3v) is 9.23. The molecular weight excluding hydrogens is 558 g/mol. The first kappa shape index (κ1) is 28.5. The summed E-state index contributed by atoms with van der Waals surface area (Å²) in [6.45, 7) is 3.03. The fraction of sp³-hybridized carbons (Fsp3) is 0.370. The van der Waals surface area contributed by atoms with Crippen LogP contribution in [-0.4, -0.2) is 61.2 Å². The molecule has 1 saturated heterocycles. The number of sulfonamides is 1. The third-order valence-electron chi connectivity index (χ3n) is 7.38. The number of nitrogens with zero attached hydrogens (tertiary/aromatic N) is 4. The van der Waals surface area contributed by atoms with E-state index >= 15 is 0 Å². The maximum atomic E-state index is 13.9. The average molecular weight is 589 g/mol. The summed E-state index contributed by atoms with van der Waals surface area (Å²) in [5, 5.41) is 4.15. The van der Waals surface area contributed by atoms with Crippen molar-refractivity contribution in [3.05, 3.63) is 75.7 Å². The van der Waals surface area contributed by atoms with Gasteiger partial charge in [-0.25, -0.2) is 17.2 Å². The van der Waals surface area contributed by atoms with E-state index in [1.165, 1.54) is 28.7 Å². The molecule has 0 bridgehead atoms. The quantitative estimate of drug-likeness (QED) is 0.360. The highest BCUT2D eigenvalue weighted by Gasteiger charge is 2.39. The Hall–Kier alpha value is -4.04. The number of aromatic nitrogens is 2. The Labute approximate surface area is 235 Å². The van der Waals surface area contributed by atoms with Crippen LogP contribution in [0.15, 0.2) is 47.4 Å². The van der Waals surface area contributed by atoms with Crippen molar-refractivity contribution in [3.8, 4) is 11.4 Å². The molecule has 1 aromatic heterocycles. The molecular formula is C27H30F2N6O5S. The molecule has 1 aliphatic carbocycles. The van der Waals surface area contributed by atoms with E-state index in [1.807, 2.05) is 6.92 Å². The van der Waals surface area contributed by atoms with E-state index in [0.717, 1.165) is 29.7 Å². The largest absolute Gasteiger partial charge is 0.486 e. The van der Waals surface area contributed by atoms with Gasteiger partial charge in [-0.2, -0.15) is 14.1 Å². The first-order chi connectivity index (χ1) is 19.3. The van der Waals surface area contributed by atoms with Crippen LogP contribution in [0.1, 0.15) is 35.7 Å².